The van der Waals surface area contributed by atoms with Crippen LogP contribution in [0.2, 0.25) is 0 Å². The van der Waals surface area contributed by atoms with E-state index in [4.69, 9.17) is 5.10 Å². The zero-order valence-corrected chi connectivity index (χ0v) is 24.5. The molecule has 1 atom stereocenters. The minimum Gasteiger partial charge on any atom is -0.316 e. The van der Waals surface area contributed by atoms with E-state index in [0.717, 1.165) is 38.8 Å². The van der Waals surface area contributed by atoms with Gasteiger partial charge in [-0.2, -0.15) is 19.3 Å². The van der Waals surface area contributed by atoms with Crippen LogP contribution in [0.1, 0.15) is 35.6 Å². The van der Waals surface area contributed by atoms with Gasteiger partial charge in [0.1, 0.15) is 0 Å². The van der Waals surface area contributed by atoms with Gasteiger partial charge in [0, 0.05) is 49.7 Å². The highest BCUT2D eigenvalue weighted by Crippen LogP contribution is 2.42. The molecule has 10 nitrogen and oxygen atoms in total. The van der Waals surface area contributed by atoms with E-state index in [2.05, 4.69) is 41.4 Å². The first kappa shape index (κ1) is 27.1. The van der Waals surface area contributed by atoms with E-state index in [1.807, 2.05) is 42.1 Å². The number of pyridine rings is 1. The van der Waals surface area contributed by atoms with Crippen LogP contribution in [0.4, 0.5) is 0 Å². The fourth-order valence-corrected chi connectivity index (χ4v) is 7.56. The van der Waals surface area contributed by atoms with Crippen molar-refractivity contribution < 1.29 is 8.42 Å². The van der Waals surface area contributed by atoms with Crippen molar-refractivity contribution in [2.75, 3.05) is 13.1 Å². The summed E-state index contributed by atoms with van der Waals surface area (Å²) in [6, 6.07) is 16.4. The fourth-order valence-electron chi connectivity index (χ4n) is 6.15. The van der Waals surface area contributed by atoms with Gasteiger partial charge in [-0.3, -0.25) is 4.79 Å². The molecule has 0 aliphatic carbocycles. The van der Waals surface area contributed by atoms with Gasteiger partial charge in [0.15, 0.2) is 0 Å². The Morgan fingerprint density at radius 1 is 1.02 bits per heavy atom. The normalized spacial score (nSPS) is 18.0. The Hall–Kier alpha value is -4.09. The van der Waals surface area contributed by atoms with E-state index >= 15 is 0 Å². The zero-order chi connectivity index (χ0) is 28.9. The summed E-state index contributed by atoms with van der Waals surface area (Å²) in [4.78, 5) is 13.8. The molecule has 0 N–H and O–H groups in total. The van der Waals surface area contributed by atoms with E-state index in [0.29, 0.717) is 32.4 Å². The lowest BCUT2D eigenvalue weighted by Crippen LogP contribution is -2.36. The lowest BCUT2D eigenvalue weighted by molar-refractivity contribution is 0.412. The van der Waals surface area contributed by atoms with Crippen molar-refractivity contribution >= 4 is 20.9 Å². The lowest BCUT2D eigenvalue weighted by Gasteiger charge is -2.32. The molecule has 212 valence electrons. The number of fused-ring (bicyclic) bond motifs is 1. The first-order valence-electron chi connectivity index (χ1n) is 13.7. The molecule has 3 aromatic heterocycles. The summed E-state index contributed by atoms with van der Waals surface area (Å²) >= 11 is 0. The molecule has 1 aliphatic rings. The minimum atomic E-state index is -3.80. The van der Waals surface area contributed by atoms with Crippen molar-refractivity contribution in [3.05, 3.63) is 99.7 Å². The largest absolute Gasteiger partial charge is 0.316 e. The van der Waals surface area contributed by atoms with Crippen molar-refractivity contribution in [3.8, 4) is 5.69 Å². The maximum Gasteiger partial charge on any atom is 0.264 e. The predicted molar refractivity (Wildman–Crippen MR) is 157 cm³/mol. The van der Waals surface area contributed by atoms with Gasteiger partial charge in [-0.25, -0.2) is 13.1 Å². The summed E-state index contributed by atoms with van der Waals surface area (Å²) in [5, 5.41) is 13.7. The van der Waals surface area contributed by atoms with Crippen LogP contribution < -0.4 is 5.56 Å². The third-order valence-electron chi connectivity index (χ3n) is 8.24. The van der Waals surface area contributed by atoms with Crippen molar-refractivity contribution in [1.82, 2.24) is 33.6 Å². The van der Waals surface area contributed by atoms with Gasteiger partial charge >= 0.3 is 0 Å². The van der Waals surface area contributed by atoms with Gasteiger partial charge in [-0.1, -0.05) is 37.3 Å². The third kappa shape index (κ3) is 4.68. The molecule has 1 saturated heterocycles. The maximum absolute atomic E-state index is 13.6. The highest BCUT2D eigenvalue weighted by Gasteiger charge is 2.45. The molecule has 0 radical (unpaired) electrons. The van der Waals surface area contributed by atoms with E-state index in [1.54, 1.807) is 29.2 Å². The number of aromatic nitrogens is 6. The van der Waals surface area contributed by atoms with E-state index in [-0.39, 0.29) is 10.6 Å². The van der Waals surface area contributed by atoms with Crippen molar-refractivity contribution in [3.63, 3.8) is 0 Å². The molecule has 1 unspecified atom stereocenters. The lowest BCUT2D eigenvalue weighted by atomic mass is 9.73. The topological polar surface area (TPSA) is 108 Å². The summed E-state index contributed by atoms with van der Waals surface area (Å²) in [5.41, 5.74) is 5.38. The molecule has 41 heavy (non-hydrogen) atoms. The molecular weight excluding hydrogens is 538 g/mol. The van der Waals surface area contributed by atoms with Crippen molar-refractivity contribution in [2.45, 2.75) is 43.6 Å². The second-order valence-corrected chi connectivity index (χ2v) is 12.9. The molecule has 5 aromatic rings. The van der Waals surface area contributed by atoms with Gasteiger partial charge in [0.05, 0.1) is 23.6 Å². The zero-order valence-electron chi connectivity index (χ0n) is 23.6. The highest BCUT2D eigenvalue weighted by atomic mass is 32.2. The number of sulfonamides is 1. The number of aryl methyl sites for hydroxylation is 4. The molecule has 0 amide bonds. The molecule has 0 spiro atoms. The van der Waals surface area contributed by atoms with Crippen LogP contribution >= 0.6 is 0 Å². The monoisotopic (exact) mass is 571 g/mol. The van der Waals surface area contributed by atoms with Crippen LogP contribution in [-0.2, 0) is 42.4 Å². The van der Waals surface area contributed by atoms with Crippen LogP contribution in [0, 0.1) is 6.92 Å². The molecule has 1 fully saturated rings. The van der Waals surface area contributed by atoms with Gasteiger partial charge in [-0.15, -0.1) is 5.10 Å². The van der Waals surface area contributed by atoms with Gasteiger partial charge < -0.3 is 4.57 Å². The number of hydrogen-bond acceptors (Lipinski definition) is 6. The predicted octanol–water partition coefficient (Wildman–Crippen LogP) is 3.30. The van der Waals surface area contributed by atoms with Gasteiger partial charge in [-0.05, 0) is 61.1 Å². The number of hydrogen-bond donors (Lipinski definition) is 0. The Morgan fingerprint density at radius 2 is 1.80 bits per heavy atom. The Balaban J connectivity index is 1.45. The van der Waals surface area contributed by atoms with Crippen LogP contribution in [0.25, 0.3) is 16.6 Å². The molecule has 2 aromatic carbocycles. The van der Waals surface area contributed by atoms with Gasteiger partial charge in [0.2, 0.25) is 5.03 Å². The standard InChI is InChI=1S/C30H33N7O3S/c1-5-23-14-25(19-34(3)29(23)38)37-27-13-21(2)26(15-24(27)17-32-37)30(16-22-9-7-6-8-10-22)11-12-36(20-30)41(39,40)28-18-31-35(4)33-28/h6-10,13-15,17-19H,5,11-12,16,20H2,1-4H3. The SMILES string of the molecule is CCc1cc(-n2ncc3cc(C4(Cc5ccccc5)CCN(S(=O)(=O)c5cnn(C)n5)C4)c(C)cc32)cn(C)c1=O. The fraction of sp³-hybridized carbons (Fsp3) is 0.333. The summed E-state index contributed by atoms with van der Waals surface area (Å²) in [5.74, 6) is 0. The third-order valence-corrected chi connectivity index (χ3v) is 9.95. The number of benzene rings is 2. The smallest absolute Gasteiger partial charge is 0.264 e. The van der Waals surface area contributed by atoms with E-state index < -0.39 is 15.4 Å². The molecule has 0 saturated carbocycles. The van der Waals surface area contributed by atoms with E-state index in [1.165, 1.54) is 11.0 Å². The molecule has 11 heteroatoms. The number of nitrogens with zero attached hydrogens (tertiary/aromatic N) is 7. The summed E-state index contributed by atoms with van der Waals surface area (Å²) in [6.07, 6.45) is 6.96. The molecular formula is C30H33N7O3S. The van der Waals surface area contributed by atoms with Crippen molar-refractivity contribution in [2.24, 2.45) is 14.1 Å². The maximum atomic E-state index is 13.6. The first-order valence-corrected chi connectivity index (χ1v) is 15.1. The highest BCUT2D eigenvalue weighted by molar-refractivity contribution is 7.89. The van der Waals surface area contributed by atoms with Crippen LogP contribution in [0.15, 0.2) is 76.9 Å². The minimum absolute atomic E-state index is 0.00347. The van der Waals surface area contributed by atoms with Crippen LogP contribution in [0.3, 0.4) is 0 Å². The quantitative estimate of drug-likeness (QED) is 0.297. The Morgan fingerprint density at radius 3 is 2.51 bits per heavy atom. The molecule has 6 rings (SSSR count). The second-order valence-electron chi connectivity index (χ2n) is 11.0. The van der Waals surface area contributed by atoms with Crippen LogP contribution in [-0.4, -0.2) is 55.2 Å². The second kappa shape index (κ2) is 10.1. The Bertz CT molecular complexity index is 1920. The summed E-state index contributed by atoms with van der Waals surface area (Å²) < 4.78 is 32.1. The molecule has 0 bridgehead atoms. The average molecular weight is 572 g/mol. The Kier molecular flexibility index (Phi) is 6.66. The first-order chi connectivity index (χ1) is 19.6. The molecule has 1 aliphatic heterocycles. The summed E-state index contributed by atoms with van der Waals surface area (Å²) in [6.45, 7) is 4.78. The summed E-state index contributed by atoms with van der Waals surface area (Å²) in [7, 11) is -0.427. The average Bonchev–Trinajstić information content (AvgIpc) is 3.69. The van der Waals surface area contributed by atoms with Crippen LogP contribution in [0.5, 0.6) is 0 Å². The number of rotatable bonds is 7. The molecule has 4 heterocycles. The van der Waals surface area contributed by atoms with E-state index in [9.17, 15) is 13.2 Å². The van der Waals surface area contributed by atoms with Gasteiger partial charge in [0.25, 0.3) is 15.6 Å². The Labute approximate surface area is 238 Å². The van der Waals surface area contributed by atoms with Crippen molar-refractivity contribution in [1.29, 1.82) is 0 Å².